The molecular weight excluding hydrogens is 320 g/mol. The van der Waals surface area contributed by atoms with Crippen LogP contribution in [0.25, 0.3) is 0 Å². The quantitative estimate of drug-likeness (QED) is 0.925. The second-order valence-electron chi connectivity index (χ2n) is 6.20. The molecular formula is C18H20N4O3. The number of nitrogens with one attached hydrogen (secondary N) is 1. The summed E-state index contributed by atoms with van der Waals surface area (Å²) in [7, 11) is 0. The molecule has 1 amide bonds. The number of nitrogens with zero attached hydrogens (tertiary/aromatic N) is 3. The molecule has 7 nitrogen and oxygen atoms in total. The Labute approximate surface area is 146 Å². The minimum absolute atomic E-state index is 0.0341. The van der Waals surface area contributed by atoms with Crippen LogP contribution < -0.4 is 14.8 Å². The Bertz CT molecular complexity index is 803. The average molecular weight is 340 g/mol. The van der Waals surface area contributed by atoms with E-state index in [1.165, 1.54) is 0 Å². The highest BCUT2D eigenvalue weighted by Crippen LogP contribution is 2.33. The van der Waals surface area contributed by atoms with Gasteiger partial charge in [0.25, 0.3) is 5.91 Å². The zero-order chi connectivity index (χ0) is 17.2. The van der Waals surface area contributed by atoms with Crippen LogP contribution in [-0.4, -0.2) is 47.1 Å². The van der Waals surface area contributed by atoms with Crippen molar-refractivity contribution in [3.05, 3.63) is 35.7 Å². The fraction of sp³-hybridized carbons (Fsp3) is 0.389. The van der Waals surface area contributed by atoms with Crippen LogP contribution >= 0.6 is 0 Å². The summed E-state index contributed by atoms with van der Waals surface area (Å²) in [5.41, 5.74) is 1.96. The summed E-state index contributed by atoms with van der Waals surface area (Å²) < 4.78 is 11.1. The lowest BCUT2D eigenvalue weighted by Gasteiger charge is -2.19. The Morgan fingerprint density at radius 1 is 1.08 bits per heavy atom. The molecule has 1 saturated heterocycles. The van der Waals surface area contributed by atoms with Crippen LogP contribution in [0.5, 0.6) is 11.5 Å². The number of ether oxygens (including phenoxy) is 2. The molecule has 130 valence electrons. The highest BCUT2D eigenvalue weighted by atomic mass is 16.6. The predicted octanol–water partition coefficient (Wildman–Crippen LogP) is 2.54. The smallest absolute Gasteiger partial charge is 0.272 e. The number of aryl methyl sites for hydroxylation is 1. The van der Waals surface area contributed by atoms with Crippen LogP contribution in [0.15, 0.2) is 24.3 Å². The van der Waals surface area contributed by atoms with Crippen molar-refractivity contribution in [1.82, 2.24) is 14.9 Å². The summed E-state index contributed by atoms with van der Waals surface area (Å²) >= 11 is 0. The number of carbonyl (C=O) groups excluding carboxylic acids is 1. The molecule has 2 aromatic rings. The number of amides is 1. The number of rotatable bonds is 3. The largest absolute Gasteiger partial charge is 0.486 e. The predicted molar refractivity (Wildman–Crippen MR) is 92.6 cm³/mol. The highest BCUT2D eigenvalue weighted by molar-refractivity contribution is 5.93. The molecule has 0 saturated carbocycles. The molecule has 1 aromatic carbocycles. The van der Waals surface area contributed by atoms with Gasteiger partial charge in [0.1, 0.15) is 18.9 Å². The van der Waals surface area contributed by atoms with E-state index in [1.807, 2.05) is 30.0 Å². The van der Waals surface area contributed by atoms with E-state index in [2.05, 4.69) is 15.3 Å². The first-order chi connectivity index (χ1) is 12.2. The fourth-order valence-electron chi connectivity index (χ4n) is 3.07. The third-order valence-corrected chi connectivity index (χ3v) is 4.26. The van der Waals surface area contributed by atoms with Gasteiger partial charge in [-0.1, -0.05) is 0 Å². The van der Waals surface area contributed by atoms with Crippen LogP contribution in [0.1, 0.15) is 29.0 Å². The first-order valence-corrected chi connectivity index (χ1v) is 8.51. The van der Waals surface area contributed by atoms with E-state index in [9.17, 15) is 4.79 Å². The van der Waals surface area contributed by atoms with E-state index in [0.717, 1.165) is 43.1 Å². The molecule has 2 aliphatic heterocycles. The summed E-state index contributed by atoms with van der Waals surface area (Å²) in [6.45, 7) is 4.55. The van der Waals surface area contributed by atoms with Crippen LogP contribution in [0.3, 0.4) is 0 Å². The maximum atomic E-state index is 12.6. The van der Waals surface area contributed by atoms with Crippen LogP contribution in [-0.2, 0) is 0 Å². The zero-order valence-electron chi connectivity index (χ0n) is 14.1. The average Bonchev–Trinajstić information content (AvgIpc) is 3.15. The lowest BCUT2D eigenvalue weighted by Crippen LogP contribution is -2.28. The van der Waals surface area contributed by atoms with Gasteiger partial charge in [0.15, 0.2) is 11.5 Å². The topological polar surface area (TPSA) is 76.6 Å². The molecule has 0 unspecified atom stereocenters. The maximum Gasteiger partial charge on any atom is 0.272 e. The van der Waals surface area contributed by atoms with E-state index in [1.54, 1.807) is 6.07 Å². The summed E-state index contributed by atoms with van der Waals surface area (Å²) in [5.74, 6) is 1.79. The van der Waals surface area contributed by atoms with Crippen molar-refractivity contribution in [2.45, 2.75) is 19.8 Å². The number of hydrogen-bond donors (Lipinski definition) is 1. The third-order valence-electron chi connectivity index (χ3n) is 4.26. The van der Waals surface area contributed by atoms with Crippen molar-refractivity contribution in [2.75, 3.05) is 31.6 Å². The van der Waals surface area contributed by atoms with Gasteiger partial charge in [-0.25, -0.2) is 9.97 Å². The molecule has 1 fully saturated rings. The molecule has 25 heavy (non-hydrogen) atoms. The van der Waals surface area contributed by atoms with Crippen molar-refractivity contribution in [3.8, 4) is 11.5 Å². The molecule has 1 N–H and O–H groups in total. The third kappa shape index (κ3) is 3.35. The van der Waals surface area contributed by atoms with Gasteiger partial charge in [-0.15, -0.1) is 0 Å². The lowest BCUT2D eigenvalue weighted by molar-refractivity contribution is 0.0787. The molecule has 0 bridgehead atoms. The minimum atomic E-state index is -0.0341. The molecule has 1 aromatic heterocycles. The first kappa shape index (κ1) is 15.7. The van der Waals surface area contributed by atoms with E-state index in [0.29, 0.717) is 30.6 Å². The minimum Gasteiger partial charge on any atom is -0.486 e. The number of benzene rings is 1. The second-order valence-corrected chi connectivity index (χ2v) is 6.20. The van der Waals surface area contributed by atoms with Crippen molar-refractivity contribution in [2.24, 2.45) is 0 Å². The number of likely N-dealkylation sites (tertiary alicyclic amines) is 1. The number of anilines is 2. The van der Waals surface area contributed by atoms with Crippen molar-refractivity contribution in [3.63, 3.8) is 0 Å². The Kier molecular flexibility index (Phi) is 4.13. The fourth-order valence-corrected chi connectivity index (χ4v) is 3.07. The van der Waals surface area contributed by atoms with Gasteiger partial charge in [0.2, 0.25) is 5.95 Å². The van der Waals surface area contributed by atoms with E-state index in [-0.39, 0.29) is 5.91 Å². The van der Waals surface area contributed by atoms with Crippen LogP contribution in [0.4, 0.5) is 11.6 Å². The molecule has 0 aliphatic carbocycles. The monoisotopic (exact) mass is 340 g/mol. The van der Waals surface area contributed by atoms with Crippen molar-refractivity contribution < 1.29 is 14.3 Å². The number of aromatic nitrogens is 2. The van der Waals surface area contributed by atoms with Crippen LogP contribution in [0, 0.1) is 6.92 Å². The molecule has 2 aliphatic rings. The van der Waals surface area contributed by atoms with Crippen molar-refractivity contribution in [1.29, 1.82) is 0 Å². The Balaban J connectivity index is 1.57. The normalized spacial score (nSPS) is 16.0. The SMILES string of the molecule is Cc1cc(C(=O)N2CCCC2)nc(Nc2ccc3c(c2)OCCO3)n1. The standard InChI is InChI=1S/C18H20N4O3/c1-12-10-14(17(23)22-6-2-3-7-22)21-18(19-12)20-13-4-5-15-16(11-13)25-9-8-24-15/h4-5,10-11H,2-3,6-9H2,1H3,(H,19,20,21). The van der Waals surface area contributed by atoms with Gasteiger partial charge in [-0.05, 0) is 38.0 Å². The van der Waals surface area contributed by atoms with Crippen LogP contribution in [0.2, 0.25) is 0 Å². The van der Waals surface area contributed by atoms with Gasteiger partial charge in [-0.2, -0.15) is 0 Å². The molecule has 0 atom stereocenters. The van der Waals surface area contributed by atoms with E-state index in [4.69, 9.17) is 9.47 Å². The number of fused-ring (bicyclic) bond motifs is 1. The molecule has 0 radical (unpaired) electrons. The van der Waals surface area contributed by atoms with Gasteiger partial charge in [-0.3, -0.25) is 4.79 Å². The molecule has 7 heteroatoms. The summed E-state index contributed by atoms with van der Waals surface area (Å²) in [6.07, 6.45) is 2.11. The van der Waals surface area contributed by atoms with Gasteiger partial charge >= 0.3 is 0 Å². The second kappa shape index (κ2) is 6.58. The van der Waals surface area contributed by atoms with Gasteiger partial charge < -0.3 is 19.7 Å². The summed E-state index contributed by atoms with van der Waals surface area (Å²) in [4.78, 5) is 23.2. The van der Waals surface area contributed by atoms with Gasteiger partial charge in [0.05, 0.1) is 0 Å². The molecule has 4 rings (SSSR count). The Morgan fingerprint density at radius 2 is 1.84 bits per heavy atom. The maximum absolute atomic E-state index is 12.6. The Hall–Kier alpha value is -2.83. The summed E-state index contributed by atoms with van der Waals surface area (Å²) in [5, 5.41) is 3.15. The number of carbonyl (C=O) groups is 1. The number of hydrogen-bond acceptors (Lipinski definition) is 6. The van der Waals surface area contributed by atoms with E-state index >= 15 is 0 Å². The van der Waals surface area contributed by atoms with Gasteiger partial charge in [0, 0.05) is 30.5 Å². The Morgan fingerprint density at radius 3 is 2.64 bits per heavy atom. The lowest BCUT2D eigenvalue weighted by atomic mass is 10.2. The zero-order valence-corrected chi connectivity index (χ0v) is 14.1. The molecule has 0 spiro atoms. The first-order valence-electron chi connectivity index (χ1n) is 8.51. The highest BCUT2D eigenvalue weighted by Gasteiger charge is 2.21. The van der Waals surface area contributed by atoms with E-state index < -0.39 is 0 Å². The van der Waals surface area contributed by atoms with Crippen molar-refractivity contribution >= 4 is 17.5 Å². The molecule has 3 heterocycles. The summed E-state index contributed by atoms with van der Waals surface area (Å²) in [6, 6.07) is 7.31.